The molecule has 2 unspecified atom stereocenters. The van der Waals surface area contributed by atoms with Crippen LogP contribution in [0.5, 0.6) is 0 Å². The first-order valence-corrected chi connectivity index (χ1v) is 14.7. The van der Waals surface area contributed by atoms with E-state index in [1.807, 2.05) is 60.1 Å². The Labute approximate surface area is 259 Å². The molecule has 11 heteroatoms. The lowest BCUT2D eigenvalue weighted by Crippen LogP contribution is -2.45. The second kappa shape index (κ2) is 12.4. The van der Waals surface area contributed by atoms with E-state index in [9.17, 15) is 14.7 Å². The van der Waals surface area contributed by atoms with Gasteiger partial charge in [-0.05, 0) is 83.5 Å². The molecule has 1 aliphatic carbocycles. The number of hydrogen-bond donors (Lipinski definition) is 3. The topological polar surface area (TPSA) is 127 Å². The van der Waals surface area contributed by atoms with Gasteiger partial charge in [0.25, 0.3) is 5.91 Å². The highest BCUT2D eigenvalue weighted by Crippen LogP contribution is 2.41. The van der Waals surface area contributed by atoms with Crippen molar-refractivity contribution in [2.24, 2.45) is 20.0 Å². The first-order chi connectivity index (χ1) is 21.3. The summed E-state index contributed by atoms with van der Waals surface area (Å²) in [5.74, 6) is -0.571. The van der Waals surface area contributed by atoms with Crippen LogP contribution in [0.4, 0.5) is 5.69 Å². The van der Waals surface area contributed by atoms with Crippen molar-refractivity contribution in [2.45, 2.75) is 31.4 Å². The van der Waals surface area contributed by atoms with Gasteiger partial charge in [0, 0.05) is 43.6 Å². The number of halogens is 1. The molecule has 224 valence electrons. The van der Waals surface area contributed by atoms with Gasteiger partial charge in [-0.2, -0.15) is 5.10 Å². The minimum atomic E-state index is -0.952. The Kier molecular flexibility index (Phi) is 8.28. The van der Waals surface area contributed by atoms with Gasteiger partial charge < -0.3 is 20.3 Å². The first kappa shape index (κ1) is 29.3. The van der Waals surface area contributed by atoms with Crippen molar-refractivity contribution in [3.8, 4) is 22.4 Å². The van der Waals surface area contributed by atoms with E-state index in [0.717, 1.165) is 35.2 Å². The van der Waals surface area contributed by atoms with Crippen LogP contribution >= 0.6 is 11.6 Å². The van der Waals surface area contributed by atoms with E-state index in [1.54, 1.807) is 37.9 Å². The average Bonchev–Trinajstić information content (AvgIpc) is 3.65. The lowest BCUT2D eigenvalue weighted by Gasteiger charge is -2.20. The molecule has 2 aromatic carbocycles. The van der Waals surface area contributed by atoms with Crippen molar-refractivity contribution in [1.29, 1.82) is 0 Å². The van der Waals surface area contributed by atoms with Gasteiger partial charge in [-0.25, -0.2) is 4.98 Å². The number of nitrogens with one attached hydrogen (secondary N) is 2. The van der Waals surface area contributed by atoms with E-state index >= 15 is 0 Å². The Morgan fingerprint density at radius 1 is 1.00 bits per heavy atom. The van der Waals surface area contributed by atoms with Crippen LogP contribution in [-0.2, 0) is 25.3 Å². The molecule has 2 atom stereocenters. The molecule has 0 spiro atoms. The second-order valence-electron chi connectivity index (χ2n) is 11.1. The number of nitrogens with zero attached hydrogens (tertiary/aromatic N) is 5. The summed E-state index contributed by atoms with van der Waals surface area (Å²) < 4.78 is 3.36. The monoisotopic (exact) mass is 609 g/mol. The highest BCUT2D eigenvalue weighted by molar-refractivity contribution is 6.31. The zero-order chi connectivity index (χ0) is 30.8. The van der Waals surface area contributed by atoms with Crippen molar-refractivity contribution in [1.82, 2.24) is 29.6 Å². The summed E-state index contributed by atoms with van der Waals surface area (Å²) in [5.41, 5.74) is 5.86. The predicted molar refractivity (Wildman–Crippen MR) is 168 cm³/mol. The number of aliphatic hydroxyl groups is 1. The quantitative estimate of drug-likeness (QED) is 0.205. The number of imidazole rings is 1. The zero-order valence-corrected chi connectivity index (χ0v) is 25.1. The molecule has 3 N–H and O–H groups in total. The molecule has 3 heterocycles. The molecular formula is C33H32ClN7O3. The van der Waals surface area contributed by atoms with Gasteiger partial charge >= 0.3 is 0 Å². The SMILES string of the molecule is Cn1cncc1-c1ccc(NC(=O)C(Cc2cc(-c3ccnc(C(O)C4CC4)c3)ccc2Cl)NC(=O)c2ccnn2C)cc1. The van der Waals surface area contributed by atoms with Crippen LogP contribution in [0, 0.1) is 5.92 Å². The fraction of sp³-hybridized carbons (Fsp3) is 0.242. The lowest BCUT2D eigenvalue weighted by atomic mass is 9.98. The second-order valence-corrected chi connectivity index (χ2v) is 11.5. The van der Waals surface area contributed by atoms with Crippen molar-refractivity contribution in [3.05, 3.63) is 108 Å². The fourth-order valence-electron chi connectivity index (χ4n) is 5.20. The van der Waals surface area contributed by atoms with Crippen LogP contribution in [-0.4, -0.2) is 47.3 Å². The first-order valence-electron chi connectivity index (χ1n) is 14.4. The molecule has 3 aromatic heterocycles. The number of amides is 2. The van der Waals surface area contributed by atoms with Crippen LogP contribution in [0.3, 0.4) is 0 Å². The predicted octanol–water partition coefficient (Wildman–Crippen LogP) is 4.96. The Balaban J connectivity index is 1.25. The summed E-state index contributed by atoms with van der Waals surface area (Å²) in [6.45, 7) is 0. The number of rotatable bonds is 10. The Morgan fingerprint density at radius 3 is 2.43 bits per heavy atom. The van der Waals surface area contributed by atoms with E-state index in [0.29, 0.717) is 27.7 Å². The van der Waals surface area contributed by atoms with Gasteiger partial charge in [-0.15, -0.1) is 0 Å². The van der Waals surface area contributed by atoms with Gasteiger partial charge in [0.15, 0.2) is 0 Å². The summed E-state index contributed by atoms with van der Waals surface area (Å²) in [6, 6.07) is 17.4. The number of hydrogen-bond acceptors (Lipinski definition) is 6. The molecule has 0 radical (unpaired) electrons. The molecule has 5 aromatic rings. The maximum Gasteiger partial charge on any atom is 0.270 e. The number of carbonyl (C=O) groups is 2. The molecule has 0 aliphatic heterocycles. The summed E-state index contributed by atoms with van der Waals surface area (Å²) >= 11 is 6.65. The Hall–Kier alpha value is -4.80. The van der Waals surface area contributed by atoms with E-state index in [-0.39, 0.29) is 12.3 Å². The normalized spacial score (nSPS) is 14.2. The van der Waals surface area contributed by atoms with Gasteiger partial charge in [0.2, 0.25) is 5.91 Å². The van der Waals surface area contributed by atoms with E-state index in [2.05, 4.69) is 25.7 Å². The maximum atomic E-state index is 13.7. The third-order valence-corrected chi connectivity index (χ3v) is 8.26. The highest BCUT2D eigenvalue weighted by atomic mass is 35.5. The third-order valence-electron chi connectivity index (χ3n) is 7.90. The van der Waals surface area contributed by atoms with Crippen LogP contribution in [0.1, 0.15) is 40.7 Å². The lowest BCUT2D eigenvalue weighted by molar-refractivity contribution is -0.118. The summed E-state index contributed by atoms with van der Waals surface area (Å²) in [6.07, 6.45) is 8.27. The molecule has 0 bridgehead atoms. The van der Waals surface area contributed by atoms with Crippen LogP contribution in [0.15, 0.2) is 85.6 Å². The van der Waals surface area contributed by atoms with E-state index in [4.69, 9.17) is 11.6 Å². The number of carbonyl (C=O) groups excluding carboxylic acids is 2. The molecule has 0 saturated heterocycles. The molecule has 2 amide bonds. The number of pyridine rings is 1. The molecule has 1 saturated carbocycles. The summed E-state index contributed by atoms with van der Waals surface area (Å²) in [7, 11) is 3.58. The average molecular weight is 610 g/mol. The molecule has 6 rings (SSSR count). The zero-order valence-electron chi connectivity index (χ0n) is 24.3. The number of benzene rings is 2. The maximum absolute atomic E-state index is 13.7. The molecule has 1 fully saturated rings. The number of aromatic nitrogens is 5. The highest BCUT2D eigenvalue weighted by Gasteiger charge is 2.32. The molecule has 44 heavy (non-hydrogen) atoms. The Bertz CT molecular complexity index is 1810. The number of aryl methyl sites for hydroxylation is 2. The smallest absolute Gasteiger partial charge is 0.270 e. The third kappa shape index (κ3) is 6.41. The van der Waals surface area contributed by atoms with Crippen LogP contribution in [0.2, 0.25) is 5.02 Å². The van der Waals surface area contributed by atoms with Gasteiger partial charge in [-0.1, -0.05) is 29.8 Å². The van der Waals surface area contributed by atoms with E-state index in [1.165, 1.54) is 10.9 Å². The molecular weight excluding hydrogens is 578 g/mol. The Morgan fingerprint density at radius 2 is 1.75 bits per heavy atom. The van der Waals surface area contributed by atoms with Gasteiger partial charge in [-0.3, -0.25) is 19.3 Å². The number of anilines is 1. The summed E-state index contributed by atoms with van der Waals surface area (Å²) in [5, 5.41) is 21.0. The molecule has 10 nitrogen and oxygen atoms in total. The standard InChI is InChI=1S/C33H32ClN7O3/c1-40-19-35-18-30(40)20-5-8-25(9-6-20)38-32(43)28(39-33(44)29-12-14-37-41(29)2)17-24-15-22(7-10-26(24)34)23-11-13-36-27(16-23)31(42)21-3-4-21/h5-16,18-19,21,28,31,42H,3-4,17H2,1-2H3,(H,38,43)(H,39,44). The van der Waals surface area contributed by atoms with Crippen molar-refractivity contribution in [3.63, 3.8) is 0 Å². The van der Waals surface area contributed by atoms with Crippen molar-refractivity contribution < 1.29 is 14.7 Å². The van der Waals surface area contributed by atoms with Crippen LogP contribution < -0.4 is 10.6 Å². The fourth-order valence-corrected chi connectivity index (χ4v) is 5.40. The minimum Gasteiger partial charge on any atom is -0.387 e. The van der Waals surface area contributed by atoms with Gasteiger partial charge in [0.1, 0.15) is 11.7 Å². The van der Waals surface area contributed by atoms with Gasteiger partial charge in [0.05, 0.1) is 30.0 Å². The minimum absolute atomic E-state index is 0.137. The summed E-state index contributed by atoms with van der Waals surface area (Å²) in [4.78, 5) is 35.4. The number of aliphatic hydroxyl groups excluding tert-OH is 1. The van der Waals surface area contributed by atoms with Crippen LogP contribution in [0.25, 0.3) is 22.4 Å². The van der Waals surface area contributed by atoms with Crippen molar-refractivity contribution in [2.75, 3.05) is 5.32 Å². The largest absolute Gasteiger partial charge is 0.387 e. The van der Waals surface area contributed by atoms with E-state index < -0.39 is 24.0 Å². The molecule has 1 aliphatic rings. The van der Waals surface area contributed by atoms with Crippen molar-refractivity contribution >= 4 is 29.1 Å².